The van der Waals surface area contributed by atoms with Crippen LogP contribution in [0.25, 0.3) is 0 Å². The number of rotatable bonds is 1. The molecule has 3 aliphatic rings. The Kier molecular flexibility index (Phi) is 2.65. The van der Waals surface area contributed by atoms with Gasteiger partial charge in [-0.15, -0.1) is 0 Å². The van der Waals surface area contributed by atoms with E-state index in [1.807, 2.05) is 18.2 Å². The van der Waals surface area contributed by atoms with Crippen molar-refractivity contribution < 1.29 is 18.9 Å². The first-order valence-corrected chi connectivity index (χ1v) is 6.74. The second-order valence-corrected chi connectivity index (χ2v) is 5.31. The molecule has 2 fully saturated rings. The minimum absolute atomic E-state index is 0.105. The van der Waals surface area contributed by atoms with Crippen molar-refractivity contribution in [3.63, 3.8) is 0 Å². The van der Waals surface area contributed by atoms with E-state index in [1.54, 1.807) is 0 Å². The van der Waals surface area contributed by atoms with Crippen LogP contribution in [0.3, 0.4) is 0 Å². The van der Waals surface area contributed by atoms with Gasteiger partial charge in [-0.3, -0.25) is 0 Å². The number of hydrogen-bond acceptors (Lipinski definition) is 5. The lowest BCUT2D eigenvalue weighted by Gasteiger charge is -2.31. The van der Waals surface area contributed by atoms with Gasteiger partial charge in [-0.1, -0.05) is 0 Å². The van der Waals surface area contributed by atoms with Crippen LogP contribution >= 0.6 is 0 Å². The standard InChI is InChI=1S/C14H17NO4/c1-2-11-12(18-9-17-11)7-10(1)13-16-8-14(19-13)3-5-15-6-4-14/h1-2,7,13,15H,3-6,8-9H2. The molecular weight excluding hydrogens is 246 g/mol. The third kappa shape index (κ3) is 1.98. The average Bonchev–Trinajstić information content (AvgIpc) is 3.06. The summed E-state index contributed by atoms with van der Waals surface area (Å²) in [6, 6.07) is 5.85. The van der Waals surface area contributed by atoms with Gasteiger partial charge in [0.1, 0.15) is 0 Å². The van der Waals surface area contributed by atoms with Crippen LogP contribution < -0.4 is 14.8 Å². The van der Waals surface area contributed by atoms with Crippen LogP contribution in [0.5, 0.6) is 11.5 Å². The van der Waals surface area contributed by atoms with E-state index < -0.39 is 0 Å². The van der Waals surface area contributed by atoms with Gasteiger partial charge in [0.25, 0.3) is 0 Å². The molecule has 1 spiro atoms. The fraction of sp³-hybridized carbons (Fsp3) is 0.571. The lowest BCUT2D eigenvalue weighted by Crippen LogP contribution is -2.43. The van der Waals surface area contributed by atoms with Gasteiger partial charge in [0.15, 0.2) is 17.8 Å². The Morgan fingerprint density at radius 1 is 1.11 bits per heavy atom. The van der Waals surface area contributed by atoms with Gasteiger partial charge in [0, 0.05) is 5.56 Å². The van der Waals surface area contributed by atoms with E-state index in [0.717, 1.165) is 43.0 Å². The second kappa shape index (κ2) is 4.37. The Bertz CT molecular complexity index is 484. The molecule has 0 aromatic heterocycles. The lowest BCUT2D eigenvalue weighted by molar-refractivity contribution is -0.101. The molecule has 2 saturated heterocycles. The van der Waals surface area contributed by atoms with Crippen LogP contribution in [0.1, 0.15) is 24.7 Å². The van der Waals surface area contributed by atoms with Crippen molar-refractivity contribution in [2.45, 2.75) is 24.7 Å². The van der Waals surface area contributed by atoms with Crippen molar-refractivity contribution in [2.75, 3.05) is 26.5 Å². The summed E-state index contributed by atoms with van der Waals surface area (Å²) < 4.78 is 22.7. The third-order valence-electron chi connectivity index (χ3n) is 4.04. The summed E-state index contributed by atoms with van der Waals surface area (Å²) >= 11 is 0. The van der Waals surface area contributed by atoms with E-state index in [4.69, 9.17) is 18.9 Å². The Hall–Kier alpha value is -1.30. The summed E-state index contributed by atoms with van der Waals surface area (Å²) in [6.45, 7) is 2.96. The predicted octanol–water partition coefficient (Wildman–Crippen LogP) is 1.58. The van der Waals surface area contributed by atoms with E-state index in [0.29, 0.717) is 13.4 Å². The van der Waals surface area contributed by atoms with Gasteiger partial charge in [-0.05, 0) is 44.1 Å². The highest BCUT2D eigenvalue weighted by Crippen LogP contribution is 2.41. The number of ether oxygens (including phenoxy) is 4. The summed E-state index contributed by atoms with van der Waals surface area (Å²) in [5, 5.41) is 3.35. The zero-order valence-corrected chi connectivity index (χ0v) is 10.7. The monoisotopic (exact) mass is 263 g/mol. The molecule has 3 heterocycles. The van der Waals surface area contributed by atoms with Crippen molar-refractivity contribution in [1.29, 1.82) is 0 Å². The van der Waals surface area contributed by atoms with E-state index >= 15 is 0 Å². The number of fused-ring (bicyclic) bond motifs is 1. The first-order chi connectivity index (χ1) is 9.35. The SMILES string of the molecule is c1cc2c(cc1C1OCC3(CCNCC3)O1)OCO2. The van der Waals surface area contributed by atoms with Crippen LogP contribution in [0.4, 0.5) is 0 Å². The maximum atomic E-state index is 6.18. The molecule has 1 aromatic carbocycles. The predicted molar refractivity (Wildman–Crippen MR) is 67.2 cm³/mol. The van der Waals surface area contributed by atoms with Gasteiger partial charge >= 0.3 is 0 Å². The maximum absolute atomic E-state index is 6.18. The molecule has 0 radical (unpaired) electrons. The zero-order valence-electron chi connectivity index (χ0n) is 10.7. The summed E-state index contributed by atoms with van der Waals surface area (Å²) in [5.41, 5.74) is 0.895. The molecule has 0 bridgehead atoms. The van der Waals surface area contributed by atoms with Crippen LogP contribution in [0.2, 0.25) is 0 Å². The fourth-order valence-corrected chi connectivity index (χ4v) is 2.89. The Morgan fingerprint density at radius 2 is 1.95 bits per heavy atom. The summed E-state index contributed by atoms with van der Waals surface area (Å²) in [6.07, 6.45) is 1.73. The quantitative estimate of drug-likeness (QED) is 0.833. The smallest absolute Gasteiger partial charge is 0.231 e. The van der Waals surface area contributed by atoms with Crippen molar-refractivity contribution in [3.05, 3.63) is 23.8 Å². The fourth-order valence-electron chi connectivity index (χ4n) is 2.89. The van der Waals surface area contributed by atoms with Crippen LogP contribution in [0, 0.1) is 0 Å². The molecule has 1 unspecified atom stereocenters. The number of piperidine rings is 1. The Balaban J connectivity index is 1.54. The van der Waals surface area contributed by atoms with E-state index in [-0.39, 0.29) is 11.9 Å². The molecular formula is C14H17NO4. The van der Waals surface area contributed by atoms with Gasteiger partial charge in [-0.2, -0.15) is 0 Å². The number of nitrogens with one attached hydrogen (secondary N) is 1. The first kappa shape index (κ1) is 11.5. The molecule has 0 amide bonds. The van der Waals surface area contributed by atoms with E-state index in [9.17, 15) is 0 Å². The molecule has 3 aliphatic heterocycles. The summed E-state index contributed by atoms with van der Waals surface area (Å²) in [4.78, 5) is 0. The van der Waals surface area contributed by atoms with Gasteiger partial charge < -0.3 is 24.3 Å². The van der Waals surface area contributed by atoms with Crippen LogP contribution in [-0.4, -0.2) is 32.1 Å². The third-order valence-corrected chi connectivity index (χ3v) is 4.04. The minimum Gasteiger partial charge on any atom is -0.454 e. The molecule has 0 aliphatic carbocycles. The van der Waals surface area contributed by atoms with Gasteiger partial charge in [0.2, 0.25) is 6.79 Å². The normalized spacial score (nSPS) is 27.9. The summed E-state index contributed by atoms with van der Waals surface area (Å²) in [5.74, 6) is 1.56. The topological polar surface area (TPSA) is 49.0 Å². The first-order valence-electron chi connectivity index (χ1n) is 6.74. The van der Waals surface area contributed by atoms with Crippen molar-refractivity contribution in [3.8, 4) is 11.5 Å². The lowest BCUT2D eigenvalue weighted by atomic mass is 9.94. The molecule has 5 nitrogen and oxygen atoms in total. The molecule has 4 rings (SSSR count). The van der Waals surface area contributed by atoms with Crippen molar-refractivity contribution >= 4 is 0 Å². The van der Waals surface area contributed by atoms with Gasteiger partial charge in [0.05, 0.1) is 12.2 Å². The molecule has 102 valence electrons. The highest BCUT2D eigenvalue weighted by molar-refractivity contribution is 5.44. The second-order valence-electron chi connectivity index (χ2n) is 5.31. The van der Waals surface area contributed by atoms with Gasteiger partial charge in [-0.25, -0.2) is 0 Å². The Labute approximate surface area is 111 Å². The summed E-state index contributed by atoms with van der Waals surface area (Å²) in [7, 11) is 0. The zero-order chi connectivity index (χ0) is 12.7. The molecule has 1 N–H and O–H groups in total. The largest absolute Gasteiger partial charge is 0.454 e. The van der Waals surface area contributed by atoms with Crippen LogP contribution in [-0.2, 0) is 9.47 Å². The highest BCUT2D eigenvalue weighted by Gasteiger charge is 2.42. The maximum Gasteiger partial charge on any atom is 0.231 e. The number of hydrogen-bond donors (Lipinski definition) is 1. The molecule has 19 heavy (non-hydrogen) atoms. The van der Waals surface area contributed by atoms with Crippen LogP contribution in [0.15, 0.2) is 18.2 Å². The molecule has 5 heteroatoms. The van der Waals surface area contributed by atoms with Crippen molar-refractivity contribution in [1.82, 2.24) is 5.32 Å². The highest BCUT2D eigenvalue weighted by atomic mass is 16.7. The molecule has 0 saturated carbocycles. The molecule has 1 aromatic rings. The van der Waals surface area contributed by atoms with E-state index in [2.05, 4.69) is 5.32 Å². The minimum atomic E-state index is -0.285. The average molecular weight is 263 g/mol. The van der Waals surface area contributed by atoms with E-state index in [1.165, 1.54) is 0 Å². The number of benzene rings is 1. The Morgan fingerprint density at radius 3 is 2.84 bits per heavy atom. The molecule has 1 atom stereocenters. The van der Waals surface area contributed by atoms with Crippen molar-refractivity contribution in [2.24, 2.45) is 0 Å².